The first kappa shape index (κ1) is 18.3. The van der Waals surface area contributed by atoms with Gasteiger partial charge in [0.05, 0.1) is 0 Å². The Morgan fingerprint density at radius 2 is 2.04 bits per heavy atom. The molecular weight excluding hydrogens is 340 g/mol. The van der Waals surface area contributed by atoms with Gasteiger partial charge in [0.2, 0.25) is 5.78 Å². The van der Waals surface area contributed by atoms with Crippen LogP contribution in [0.4, 0.5) is 0 Å². The Bertz CT molecular complexity index is 850. The number of Topliss-reactive ketones (excluding diaryl/α,β-unsaturated/α-hetero) is 1. The molecular formula is C23H26O4. The van der Waals surface area contributed by atoms with Gasteiger partial charge in [-0.1, -0.05) is 18.9 Å². The summed E-state index contributed by atoms with van der Waals surface area (Å²) in [5.74, 6) is 3.17. The topological polar surface area (TPSA) is 63.6 Å². The lowest BCUT2D eigenvalue weighted by molar-refractivity contribution is -0.146. The number of fused-ring (bicyclic) bond motifs is 5. The molecule has 0 bridgehead atoms. The summed E-state index contributed by atoms with van der Waals surface area (Å²) in [5, 5.41) is 11.0. The van der Waals surface area contributed by atoms with Crippen molar-refractivity contribution in [3.8, 4) is 18.1 Å². The van der Waals surface area contributed by atoms with Crippen molar-refractivity contribution >= 4 is 11.8 Å². The van der Waals surface area contributed by atoms with Gasteiger partial charge >= 0.3 is 5.97 Å². The zero-order valence-electron chi connectivity index (χ0n) is 16.0. The Hall–Kier alpha value is -2.12. The summed E-state index contributed by atoms with van der Waals surface area (Å²) in [6.45, 7) is 3.39. The van der Waals surface area contributed by atoms with E-state index >= 15 is 0 Å². The minimum absolute atomic E-state index is 0.197. The second-order valence-electron chi connectivity index (χ2n) is 8.72. The molecule has 2 fully saturated rings. The number of carbonyl (C=O) groups excluding carboxylic acids is 2. The van der Waals surface area contributed by atoms with Crippen LogP contribution in [0.15, 0.2) is 18.2 Å². The quantitative estimate of drug-likeness (QED) is 0.377. The number of hydrogen-bond acceptors (Lipinski definition) is 4. The van der Waals surface area contributed by atoms with Gasteiger partial charge in [0.15, 0.2) is 0 Å². The van der Waals surface area contributed by atoms with E-state index in [1.807, 2.05) is 6.07 Å². The summed E-state index contributed by atoms with van der Waals surface area (Å²) < 4.78 is 5.16. The molecule has 0 radical (unpaired) electrons. The van der Waals surface area contributed by atoms with Crippen LogP contribution < -0.4 is 4.74 Å². The molecule has 3 unspecified atom stereocenters. The van der Waals surface area contributed by atoms with Gasteiger partial charge in [-0.25, -0.2) is 4.79 Å². The van der Waals surface area contributed by atoms with Crippen LogP contribution in [0.5, 0.6) is 5.75 Å². The summed E-state index contributed by atoms with van der Waals surface area (Å²) in [6, 6.07) is 5.76. The molecule has 0 saturated heterocycles. The van der Waals surface area contributed by atoms with Crippen LogP contribution in [-0.2, 0) is 16.0 Å². The standard InChI is InChI=1S/C23H26O4/c1-4-23(26)12-10-20-19-7-5-15-13-16(27-21(25)14(2)24)6-8-17(15)18(19)9-11-22(20,23)3/h1,6,8,13,18-20,26H,5,7,9-12H2,2-3H3/t18?,19?,20?,22-,23-/m0/s1. The minimum Gasteiger partial charge on any atom is -0.421 e. The van der Waals surface area contributed by atoms with Crippen molar-refractivity contribution in [1.82, 2.24) is 0 Å². The number of aliphatic hydroxyl groups is 1. The summed E-state index contributed by atoms with van der Waals surface area (Å²) in [7, 11) is 0. The van der Waals surface area contributed by atoms with Gasteiger partial charge in [0.25, 0.3) is 0 Å². The highest BCUT2D eigenvalue weighted by atomic mass is 16.5. The van der Waals surface area contributed by atoms with E-state index in [4.69, 9.17) is 11.2 Å². The van der Waals surface area contributed by atoms with Crippen molar-refractivity contribution in [2.45, 2.75) is 63.9 Å². The Kier molecular flexibility index (Phi) is 4.20. The fourth-order valence-electron chi connectivity index (χ4n) is 6.05. The molecule has 4 heteroatoms. The lowest BCUT2D eigenvalue weighted by atomic mass is 9.53. The van der Waals surface area contributed by atoms with Gasteiger partial charge in [-0.05, 0) is 79.5 Å². The molecule has 0 aromatic heterocycles. The van der Waals surface area contributed by atoms with Gasteiger partial charge in [-0.3, -0.25) is 4.79 Å². The van der Waals surface area contributed by atoms with Crippen molar-refractivity contribution in [2.24, 2.45) is 17.3 Å². The molecule has 1 N–H and O–H groups in total. The molecule has 4 rings (SSSR count). The second-order valence-corrected chi connectivity index (χ2v) is 8.72. The maximum atomic E-state index is 11.5. The molecule has 5 atom stereocenters. The van der Waals surface area contributed by atoms with E-state index in [9.17, 15) is 14.7 Å². The van der Waals surface area contributed by atoms with Crippen LogP contribution in [0.3, 0.4) is 0 Å². The van der Waals surface area contributed by atoms with E-state index in [1.165, 1.54) is 18.1 Å². The summed E-state index contributed by atoms with van der Waals surface area (Å²) in [6.07, 6.45) is 11.3. The van der Waals surface area contributed by atoms with Gasteiger partial charge in [-0.2, -0.15) is 0 Å². The first-order valence-electron chi connectivity index (χ1n) is 9.85. The smallest absolute Gasteiger partial charge is 0.379 e. The molecule has 0 aliphatic heterocycles. The number of rotatable bonds is 2. The third-order valence-electron chi connectivity index (χ3n) is 7.59. The highest BCUT2D eigenvalue weighted by Crippen LogP contribution is 2.64. The maximum absolute atomic E-state index is 11.5. The summed E-state index contributed by atoms with van der Waals surface area (Å²) in [4.78, 5) is 22.7. The zero-order valence-corrected chi connectivity index (χ0v) is 16.0. The molecule has 27 heavy (non-hydrogen) atoms. The molecule has 3 aliphatic rings. The normalized spacial score (nSPS) is 36.7. The van der Waals surface area contributed by atoms with Crippen molar-refractivity contribution in [2.75, 3.05) is 0 Å². The van der Waals surface area contributed by atoms with E-state index in [0.717, 1.165) is 32.1 Å². The fourth-order valence-corrected chi connectivity index (χ4v) is 6.05. The van der Waals surface area contributed by atoms with E-state index in [2.05, 4.69) is 18.9 Å². The second kappa shape index (κ2) is 6.21. The fraction of sp³-hybridized carbons (Fsp3) is 0.565. The number of esters is 1. The van der Waals surface area contributed by atoms with Crippen molar-refractivity contribution in [3.63, 3.8) is 0 Å². The van der Waals surface area contributed by atoms with Crippen LogP contribution in [0.1, 0.15) is 63.0 Å². The van der Waals surface area contributed by atoms with Crippen LogP contribution in [0.2, 0.25) is 0 Å². The Morgan fingerprint density at radius 1 is 1.26 bits per heavy atom. The molecule has 0 spiro atoms. The number of hydrogen-bond donors (Lipinski definition) is 1. The summed E-state index contributed by atoms with van der Waals surface area (Å²) >= 11 is 0. The van der Waals surface area contributed by atoms with Crippen LogP contribution in [0, 0.1) is 29.6 Å². The average Bonchev–Trinajstić information content (AvgIpc) is 2.93. The predicted molar refractivity (Wildman–Crippen MR) is 101 cm³/mol. The average molecular weight is 366 g/mol. The largest absolute Gasteiger partial charge is 0.421 e. The predicted octanol–water partition coefficient (Wildman–Crippen LogP) is 3.40. The van der Waals surface area contributed by atoms with E-state index in [0.29, 0.717) is 29.9 Å². The molecule has 1 aromatic carbocycles. The highest BCUT2D eigenvalue weighted by molar-refractivity contribution is 6.33. The summed E-state index contributed by atoms with van der Waals surface area (Å²) in [5.41, 5.74) is 1.36. The van der Waals surface area contributed by atoms with E-state index in [1.54, 1.807) is 6.07 Å². The Labute approximate surface area is 160 Å². The van der Waals surface area contributed by atoms with Crippen molar-refractivity contribution in [1.29, 1.82) is 0 Å². The van der Waals surface area contributed by atoms with E-state index in [-0.39, 0.29) is 5.41 Å². The van der Waals surface area contributed by atoms with Gasteiger partial charge in [-0.15, -0.1) is 6.42 Å². The molecule has 142 valence electrons. The number of carbonyl (C=O) groups is 2. The van der Waals surface area contributed by atoms with E-state index < -0.39 is 17.4 Å². The minimum atomic E-state index is -0.979. The monoisotopic (exact) mass is 366 g/mol. The lowest BCUT2D eigenvalue weighted by Crippen LogP contribution is -2.50. The van der Waals surface area contributed by atoms with Crippen molar-refractivity contribution < 1.29 is 19.4 Å². The number of terminal acetylenes is 1. The first-order valence-corrected chi connectivity index (χ1v) is 9.85. The number of ether oxygens (including phenoxy) is 1. The van der Waals surface area contributed by atoms with Crippen LogP contribution in [-0.4, -0.2) is 22.5 Å². The molecule has 4 nitrogen and oxygen atoms in total. The molecule has 0 heterocycles. The molecule has 2 saturated carbocycles. The molecule has 1 aromatic rings. The third kappa shape index (κ3) is 2.63. The van der Waals surface area contributed by atoms with Crippen molar-refractivity contribution in [3.05, 3.63) is 29.3 Å². The first-order chi connectivity index (χ1) is 12.8. The van der Waals surface area contributed by atoms with Crippen LogP contribution in [0.25, 0.3) is 0 Å². The number of benzene rings is 1. The number of aryl methyl sites for hydroxylation is 1. The zero-order chi connectivity index (χ0) is 19.4. The number of ketones is 1. The van der Waals surface area contributed by atoms with Gasteiger partial charge in [0, 0.05) is 12.3 Å². The SMILES string of the molecule is C#C[C@]1(O)CCC2C3CCc4cc(OC(=O)C(C)=O)ccc4C3CC[C@@]21C. The Morgan fingerprint density at radius 3 is 2.74 bits per heavy atom. The van der Waals surface area contributed by atoms with Crippen LogP contribution >= 0.6 is 0 Å². The maximum Gasteiger partial charge on any atom is 0.379 e. The molecule has 3 aliphatic carbocycles. The molecule has 0 amide bonds. The lowest BCUT2D eigenvalue weighted by Gasteiger charge is -2.52. The van der Waals surface area contributed by atoms with Gasteiger partial charge < -0.3 is 9.84 Å². The highest BCUT2D eigenvalue weighted by Gasteiger charge is 2.61. The Balaban J connectivity index is 1.61. The third-order valence-corrected chi connectivity index (χ3v) is 7.59. The van der Waals surface area contributed by atoms with Gasteiger partial charge in [0.1, 0.15) is 11.4 Å².